The maximum atomic E-state index is 5.78. The summed E-state index contributed by atoms with van der Waals surface area (Å²) in [5, 5.41) is 11.6. The summed E-state index contributed by atoms with van der Waals surface area (Å²) in [5.41, 5.74) is 0.888. The van der Waals surface area contributed by atoms with Gasteiger partial charge in [0.1, 0.15) is 0 Å². The number of hydrogen-bond acceptors (Lipinski definition) is 4. The van der Waals surface area contributed by atoms with Gasteiger partial charge in [-0.3, -0.25) is 0 Å². The molecule has 0 amide bonds. The van der Waals surface area contributed by atoms with E-state index in [0.717, 1.165) is 27.5 Å². The van der Waals surface area contributed by atoms with E-state index >= 15 is 0 Å². The monoisotopic (exact) mass is 387 g/mol. The molecule has 6 heteroatoms. The van der Waals surface area contributed by atoms with Gasteiger partial charge in [-0.25, -0.2) is 0 Å². The van der Waals surface area contributed by atoms with E-state index in [4.69, 9.17) is 4.42 Å². The third-order valence-corrected chi connectivity index (χ3v) is 3.94. The van der Waals surface area contributed by atoms with Gasteiger partial charge in [0.15, 0.2) is 0 Å². The van der Waals surface area contributed by atoms with Gasteiger partial charge >= 0.3 is 0 Å². The van der Waals surface area contributed by atoms with Crippen LogP contribution in [0.2, 0.25) is 0 Å². The first-order valence-corrected chi connectivity index (χ1v) is 7.76. The quantitative estimate of drug-likeness (QED) is 0.828. The van der Waals surface area contributed by atoms with Crippen LogP contribution in [0, 0.1) is 0 Å². The predicted octanol–water partition coefficient (Wildman–Crippen LogP) is 4.32. The van der Waals surface area contributed by atoms with Crippen LogP contribution in [0.5, 0.6) is 0 Å². The van der Waals surface area contributed by atoms with Crippen LogP contribution < -0.4 is 5.32 Å². The van der Waals surface area contributed by atoms with Gasteiger partial charge in [0.05, 0.1) is 11.6 Å². The first kappa shape index (κ1) is 14.7. The summed E-state index contributed by atoms with van der Waals surface area (Å²) in [6, 6.07) is 5.97. The summed E-state index contributed by atoms with van der Waals surface area (Å²) >= 11 is 6.94. The van der Waals surface area contributed by atoms with Gasteiger partial charge in [0, 0.05) is 8.95 Å². The van der Waals surface area contributed by atoms with Gasteiger partial charge in [-0.05, 0) is 47.1 Å². The summed E-state index contributed by atoms with van der Waals surface area (Å²) in [6.45, 7) is 5.02. The molecule has 0 aliphatic rings. The van der Waals surface area contributed by atoms with Gasteiger partial charge < -0.3 is 9.73 Å². The summed E-state index contributed by atoms with van der Waals surface area (Å²) in [4.78, 5) is 0. The van der Waals surface area contributed by atoms with Crippen LogP contribution in [0.25, 0.3) is 11.5 Å². The topological polar surface area (TPSA) is 51.0 Å². The molecule has 0 aliphatic heterocycles. The Kier molecular flexibility index (Phi) is 5.13. The molecule has 0 fully saturated rings. The second-order valence-corrected chi connectivity index (χ2v) is 5.86. The molecule has 0 saturated heterocycles. The number of nitrogens with zero attached hydrogens (tertiary/aromatic N) is 2. The van der Waals surface area contributed by atoms with Crippen molar-refractivity contribution in [2.24, 2.45) is 0 Å². The lowest BCUT2D eigenvalue weighted by Crippen LogP contribution is -2.20. The summed E-state index contributed by atoms with van der Waals surface area (Å²) in [6.07, 6.45) is 0.912. The Bertz CT molecular complexity index is 557. The third-order valence-electron chi connectivity index (χ3n) is 2.76. The second kappa shape index (κ2) is 6.63. The maximum Gasteiger partial charge on any atom is 0.249 e. The molecule has 2 aromatic rings. The van der Waals surface area contributed by atoms with Crippen molar-refractivity contribution in [3.05, 3.63) is 33.0 Å². The average Bonchev–Trinajstić information content (AvgIpc) is 2.88. The van der Waals surface area contributed by atoms with Gasteiger partial charge in [-0.15, -0.1) is 10.2 Å². The van der Waals surface area contributed by atoms with Crippen LogP contribution in [0.3, 0.4) is 0 Å². The lowest BCUT2D eigenvalue weighted by atomic mass is 10.2. The lowest BCUT2D eigenvalue weighted by Gasteiger charge is -2.10. The Labute approximate surface area is 129 Å². The van der Waals surface area contributed by atoms with Crippen molar-refractivity contribution < 1.29 is 4.42 Å². The molecule has 1 aromatic carbocycles. The van der Waals surface area contributed by atoms with Crippen molar-refractivity contribution in [1.29, 1.82) is 0 Å². The maximum absolute atomic E-state index is 5.78. The van der Waals surface area contributed by atoms with Crippen LogP contribution in [-0.2, 0) is 0 Å². The fourth-order valence-corrected chi connectivity index (χ4v) is 2.58. The van der Waals surface area contributed by atoms with Crippen molar-refractivity contribution >= 4 is 31.9 Å². The van der Waals surface area contributed by atoms with E-state index in [1.807, 2.05) is 18.2 Å². The fraction of sp³-hybridized carbons (Fsp3) is 0.385. The highest BCUT2D eigenvalue weighted by Gasteiger charge is 2.17. The number of nitrogens with one attached hydrogen (secondary N) is 1. The Hall–Kier alpha value is -0.720. The Morgan fingerprint density at radius 1 is 1.26 bits per heavy atom. The van der Waals surface area contributed by atoms with E-state index in [9.17, 15) is 0 Å². The number of benzene rings is 1. The molecule has 1 N–H and O–H groups in total. The molecule has 0 aliphatic carbocycles. The van der Waals surface area contributed by atoms with Crippen LogP contribution in [-0.4, -0.2) is 16.7 Å². The molecular formula is C13H15Br2N3O. The van der Waals surface area contributed by atoms with Gasteiger partial charge in [-0.2, -0.15) is 0 Å². The van der Waals surface area contributed by atoms with E-state index in [1.54, 1.807) is 0 Å². The lowest BCUT2D eigenvalue weighted by molar-refractivity contribution is 0.402. The van der Waals surface area contributed by atoms with E-state index < -0.39 is 0 Å². The van der Waals surface area contributed by atoms with Gasteiger partial charge in [0.2, 0.25) is 11.8 Å². The molecule has 0 spiro atoms. The standard InChI is InChI=1S/C13H15Br2N3O/c1-3-11(16-4-2)13-18-17-12(19-13)9-7-8(14)5-6-10(9)15/h5-7,11,16H,3-4H2,1-2H3. The molecule has 0 radical (unpaired) electrons. The van der Waals surface area contributed by atoms with E-state index in [1.165, 1.54) is 0 Å². The largest absolute Gasteiger partial charge is 0.419 e. The highest BCUT2D eigenvalue weighted by Crippen LogP contribution is 2.31. The van der Waals surface area contributed by atoms with Crippen molar-refractivity contribution in [2.45, 2.75) is 26.3 Å². The summed E-state index contributed by atoms with van der Waals surface area (Å²) in [7, 11) is 0. The zero-order valence-electron chi connectivity index (χ0n) is 10.8. The Morgan fingerprint density at radius 2 is 2.05 bits per heavy atom. The molecule has 0 saturated carbocycles. The fourth-order valence-electron chi connectivity index (χ4n) is 1.80. The van der Waals surface area contributed by atoms with Crippen molar-refractivity contribution in [2.75, 3.05) is 6.54 Å². The molecule has 1 atom stereocenters. The molecule has 1 aromatic heterocycles. The van der Waals surface area contributed by atoms with Crippen molar-refractivity contribution in [3.63, 3.8) is 0 Å². The predicted molar refractivity (Wildman–Crippen MR) is 81.8 cm³/mol. The smallest absolute Gasteiger partial charge is 0.249 e. The van der Waals surface area contributed by atoms with Crippen LogP contribution in [0.4, 0.5) is 0 Å². The van der Waals surface area contributed by atoms with Crippen molar-refractivity contribution in [3.8, 4) is 11.5 Å². The minimum Gasteiger partial charge on any atom is -0.419 e. The number of aromatic nitrogens is 2. The summed E-state index contributed by atoms with van der Waals surface area (Å²) in [5.74, 6) is 1.16. The van der Waals surface area contributed by atoms with Crippen LogP contribution >= 0.6 is 31.9 Å². The number of halogens is 2. The normalized spacial score (nSPS) is 12.6. The zero-order chi connectivity index (χ0) is 13.8. The van der Waals surface area contributed by atoms with Crippen molar-refractivity contribution in [1.82, 2.24) is 15.5 Å². The first-order valence-electron chi connectivity index (χ1n) is 6.17. The minimum absolute atomic E-state index is 0.108. The third kappa shape index (κ3) is 3.43. The molecule has 2 rings (SSSR count). The zero-order valence-corrected chi connectivity index (χ0v) is 14.0. The molecule has 102 valence electrons. The Morgan fingerprint density at radius 3 is 2.74 bits per heavy atom. The number of hydrogen-bond donors (Lipinski definition) is 1. The second-order valence-electron chi connectivity index (χ2n) is 4.09. The molecule has 1 unspecified atom stereocenters. The highest BCUT2D eigenvalue weighted by molar-refractivity contribution is 9.11. The summed E-state index contributed by atoms with van der Waals surface area (Å²) < 4.78 is 7.68. The molecule has 4 nitrogen and oxygen atoms in total. The van der Waals surface area contributed by atoms with Gasteiger partial charge in [0.25, 0.3) is 0 Å². The van der Waals surface area contributed by atoms with E-state index in [0.29, 0.717) is 11.8 Å². The molecule has 0 bridgehead atoms. The minimum atomic E-state index is 0.108. The molecule has 1 heterocycles. The molecule has 19 heavy (non-hydrogen) atoms. The average molecular weight is 389 g/mol. The van der Waals surface area contributed by atoms with Crippen LogP contribution in [0.1, 0.15) is 32.2 Å². The first-order chi connectivity index (χ1) is 9.15. The van der Waals surface area contributed by atoms with E-state index in [2.05, 4.69) is 61.2 Å². The highest BCUT2D eigenvalue weighted by atomic mass is 79.9. The van der Waals surface area contributed by atoms with Crippen LogP contribution in [0.15, 0.2) is 31.6 Å². The van der Waals surface area contributed by atoms with Gasteiger partial charge in [-0.1, -0.05) is 29.8 Å². The number of rotatable bonds is 5. The molecular weight excluding hydrogens is 374 g/mol. The SMILES string of the molecule is CCNC(CC)c1nnc(-c2cc(Br)ccc2Br)o1. The van der Waals surface area contributed by atoms with E-state index in [-0.39, 0.29) is 6.04 Å². The Balaban J connectivity index is 2.32.